The fourth-order valence-electron chi connectivity index (χ4n) is 1.55. The first-order valence-electron chi connectivity index (χ1n) is 6.50. The van der Waals surface area contributed by atoms with Gasteiger partial charge in [-0.15, -0.1) is 0 Å². The molecule has 0 aromatic heterocycles. The summed E-state index contributed by atoms with van der Waals surface area (Å²) < 4.78 is 0. The maximum absolute atomic E-state index is 11.1. The van der Waals surface area contributed by atoms with Crippen molar-refractivity contribution in [3.8, 4) is 0 Å². The van der Waals surface area contributed by atoms with Crippen LogP contribution in [0, 0.1) is 0 Å². The van der Waals surface area contributed by atoms with Crippen molar-refractivity contribution < 1.29 is 4.79 Å². The molecule has 96 valence electrons. The molecule has 0 aromatic carbocycles. The molecule has 1 aliphatic heterocycles. The van der Waals surface area contributed by atoms with Crippen LogP contribution in [0.15, 0.2) is 53.6 Å². The molecule has 0 fully saturated rings. The van der Waals surface area contributed by atoms with Crippen LogP contribution < -0.4 is 0 Å². The van der Waals surface area contributed by atoms with Gasteiger partial charge in [-0.3, -0.25) is 9.79 Å². The number of rotatable bonds is 6. The molecule has 18 heavy (non-hydrogen) atoms. The van der Waals surface area contributed by atoms with Crippen molar-refractivity contribution >= 4 is 11.5 Å². The highest BCUT2D eigenvalue weighted by atomic mass is 16.1. The first kappa shape index (κ1) is 14.4. The van der Waals surface area contributed by atoms with E-state index < -0.39 is 0 Å². The third-order valence-corrected chi connectivity index (χ3v) is 2.62. The van der Waals surface area contributed by atoms with Crippen LogP contribution in [-0.4, -0.2) is 17.5 Å². The van der Waals surface area contributed by atoms with Gasteiger partial charge in [-0.05, 0) is 25.5 Å². The standard InChI is InChI=1S/C16H21NO/c1-3-16(18)13-7-5-4-6-11-15-12-9-8-10-14(2)17-15/h4-6,8-12,14H,3,7,13H2,1-2H3/b5-4+,11-6+/t14-/m1/s1. The number of hydrogen-bond acceptors (Lipinski definition) is 2. The molecular weight excluding hydrogens is 222 g/mol. The molecule has 0 saturated carbocycles. The lowest BCUT2D eigenvalue weighted by Crippen LogP contribution is -1.96. The molecule has 0 aliphatic carbocycles. The second kappa shape index (κ2) is 8.40. The number of nitrogens with zero attached hydrogens (tertiary/aromatic N) is 1. The molecule has 0 bridgehead atoms. The molecule has 0 saturated heterocycles. The minimum Gasteiger partial charge on any atom is -0.300 e. The van der Waals surface area contributed by atoms with Gasteiger partial charge in [0.25, 0.3) is 0 Å². The number of Topliss-reactive ketones (excluding diaryl/α,β-unsaturated/α-hetero) is 1. The highest BCUT2D eigenvalue weighted by molar-refractivity contribution is 6.04. The molecule has 0 aromatic rings. The third kappa shape index (κ3) is 6.14. The van der Waals surface area contributed by atoms with E-state index in [-0.39, 0.29) is 6.04 Å². The Morgan fingerprint density at radius 1 is 1.39 bits per heavy atom. The van der Waals surface area contributed by atoms with Crippen LogP contribution >= 0.6 is 0 Å². The zero-order chi connectivity index (χ0) is 13.2. The van der Waals surface area contributed by atoms with Crippen molar-refractivity contribution in [1.82, 2.24) is 0 Å². The predicted molar refractivity (Wildman–Crippen MR) is 78.0 cm³/mol. The van der Waals surface area contributed by atoms with Crippen molar-refractivity contribution in [3.05, 3.63) is 48.6 Å². The summed E-state index contributed by atoms with van der Waals surface area (Å²) in [5.74, 6) is 0.319. The topological polar surface area (TPSA) is 29.4 Å². The van der Waals surface area contributed by atoms with E-state index >= 15 is 0 Å². The van der Waals surface area contributed by atoms with E-state index in [1.807, 2.05) is 49.5 Å². The van der Waals surface area contributed by atoms with Crippen molar-refractivity contribution in [2.24, 2.45) is 4.99 Å². The van der Waals surface area contributed by atoms with Gasteiger partial charge in [-0.1, -0.05) is 43.4 Å². The Labute approximate surface area is 110 Å². The number of aliphatic imine (C=N–C) groups is 1. The molecule has 0 unspecified atom stereocenters. The molecule has 2 nitrogen and oxygen atoms in total. The van der Waals surface area contributed by atoms with Crippen molar-refractivity contribution in [3.63, 3.8) is 0 Å². The average molecular weight is 243 g/mol. The second-order valence-electron chi connectivity index (χ2n) is 4.26. The van der Waals surface area contributed by atoms with Gasteiger partial charge in [0.2, 0.25) is 0 Å². The van der Waals surface area contributed by atoms with E-state index in [4.69, 9.17) is 0 Å². The summed E-state index contributed by atoms with van der Waals surface area (Å²) in [6, 6.07) is 0.228. The first-order chi connectivity index (χ1) is 8.72. The highest BCUT2D eigenvalue weighted by Gasteiger charge is 1.96. The molecule has 1 atom stereocenters. The summed E-state index contributed by atoms with van der Waals surface area (Å²) in [6.07, 6.45) is 18.1. The van der Waals surface area contributed by atoms with Gasteiger partial charge in [-0.2, -0.15) is 0 Å². The van der Waals surface area contributed by atoms with Gasteiger partial charge in [-0.25, -0.2) is 0 Å². The predicted octanol–water partition coefficient (Wildman–Crippen LogP) is 3.81. The van der Waals surface area contributed by atoms with Crippen LogP contribution in [0.25, 0.3) is 0 Å². The van der Waals surface area contributed by atoms with E-state index in [0.717, 1.165) is 12.1 Å². The minimum absolute atomic E-state index is 0.228. The largest absolute Gasteiger partial charge is 0.300 e. The maximum atomic E-state index is 11.1. The van der Waals surface area contributed by atoms with Gasteiger partial charge in [0.05, 0.1) is 11.8 Å². The molecular formula is C16H21NO. The van der Waals surface area contributed by atoms with E-state index in [0.29, 0.717) is 18.6 Å². The van der Waals surface area contributed by atoms with Crippen LogP contribution in [0.2, 0.25) is 0 Å². The van der Waals surface area contributed by atoms with Gasteiger partial charge >= 0.3 is 0 Å². The second-order valence-corrected chi connectivity index (χ2v) is 4.26. The Kier molecular flexibility index (Phi) is 6.70. The third-order valence-electron chi connectivity index (χ3n) is 2.62. The molecule has 0 radical (unpaired) electrons. The number of ketones is 1. The molecule has 0 amide bonds. The zero-order valence-corrected chi connectivity index (χ0v) is 11.2. The number of carbonyl (C=O) groups is 1. The zero-order valence-electron chi connectivity index (χ0n) is 11.2. The van der Waals surface area contributed by atoms with Crippen LogP contribution in [0.1, 0.15) is 33.1 Å². The smallest absolute Gasteiger partial charge is 0.132 e. The van der Waals surface area contributed by atoms with Gasteiger partial charge in [0.1, 0.15) is 5.78 Å². The molecule has 1 aliphatic rings. The highest BCUT2D eigenvalue weighted by Crippen LogP contribution is 2.01. The van der Waals surface area contributed by atoms with Gasteiger partial charge in [0, 0.05) is 12.8 Å². The van der Waals surface area contributed by atoms with Gasteiger partial charge < -0.3 is 0 Å². The lowest BCUT2D eigenvalue weighted by atomic mass is 10.2. The first-order valence-corrected chi connectivity index (χ1v) is 6.50. The quantitative estimate of drug-likeness (QED) is 0.652. The van der Waals surface area contributed by atoms with Crippen molar-refractivity contribution in [2.75, 3.05) is 0 Å². The summed E-state index contributed by atoms with van der Waals surface area (Å²) in [5, 5.41) is 0. The Balaban J connectivity index is 2.36. The van der Waals surface area contributed by atoms with Crippen LogP contribution in [0.4, 0.5) is 0 Å². The molecule has 2 heteroatoms. The number of allylic oxidation sites excluding steroid dienone is 7. The minimum atomic E-state index is 0.228. The van der Waals surface area contributed by atoms with Crippen molar-refractivity contribution in [1.29, 1.82) is 0 Å². The SMILES string of the molecule is CCC(=O)CC/C=C/C=C/C1=N[C@H](C)C=CC=C1. The maximum Gasteiger partial charge on any atom is 0.132 e. The van der Waals surface area contributed by atoms with Crippen molar-refractivity contribution in [2.45, 2.75) is 39.2 Å². The molecule has 0 spiro atoms. The van der Waals surface area contributed by atoms with Crippen LogP contribution in [0.5, 0.6) is 0 Å². The summed E-state index contributed by atoms with van der Waals surface area (Å²) >= 11 is 0. The summed E-state index contributed by atoms with van der Waals surface area (Å²) in [6.45, 7) is 3.96. The molecule has 1 rings (SSSR count). The lowest BCUT2D eigenvalue weighted by molar-refractivity contribution is -0.118. The summed E-state index contributed by atoms with van der Waals surface area (Å²) in [7, 11) is 0. The molecule has 1 heterocycles. The van der Waals surface area contributed by atoms with E-state index in [9.17, 15) is 4.79 Å². The monoisotopic (exact) mass is 243 g/mol. The van der Waals surface area contributed by atoms with E-state index in [1.54, 1.807) is 0 Å². The van der Waals surface area contributed by atoms with Crippen LogP contribution in [0.3, 0.4) is 0 Å². The Hall–Kier alpha value is -1.70. The molecule has 0 N–H and O–H groups in total. The number of carbonyl (C=O) groups excluding carboxylic acids is 1. The Morgan fingerprint density at radius 3 is 3.00 bits per heavy atom. The van der Waals surface area contributed by atoms with E-state index in [2.05, 4.69) is 18.0 Å². The summed E-state index contributed by atoms with van der Waals surface area (Å²) in [4.78, 5) is 15.6. The van der Waals surface area contributed by atoms with Crippen LogP contribution in [-0.2, 0) is 4.79 Å². The van der Waals surface area contributed by atoms with E-state index in [1.165, 1.54) is 0 Å². The normalized spacial score (nSPS) is 19.4. The fourth-order valence-corrected chi connectivity index (χ4v) is 1.55. The number of hydrogen-bond donors (Lipinski definition) is 0. The summed E-state index contributed by atoms with van der Waals surface area (Å²) in [5.41, 5.74) is 0.974. The van der Waals surface area contributed by atoms with Gasteiger partial charge in [0.15, 0.2) is 0 Å². The lowest BCUT2D eigenvalue weighted by Gasteiger charge is -1.97. The fraction of sp³-hybridized carbons (Fsp3) is 0.375. The Bertz CT molecular complexity index is 411. The Morgan fingerprint density at radius 2 is 2.22 bits per heavy atom. The average Bonchev–Trinajstić information content (AvgIpc) is 2.57.